The Bertz CT molecular complexity index is 289. The van der Waals surface area contributed by atoms with Crippen molar-refractivity contribution >= 4 is 0 Å². The molecule has 1 heterocycles. The number of piperidine rings is 1. The van der Waals surface area contributed by atoms with Crippen molar-refractivity contribution < 1.29 is 0 Å². The summed E-state index contributed by atoms with van der Waals surface area (Å²) in [5.41, 5.74) is 6.71. The molecule has 1 rings (SSSR count). The number of likely N-dealkylation sites (tertiary alicyclic amines) is 1. The minimum absolute atomic E-state index is 0.215. The quantitative estimate of drug-likeness (QED) is 0.815. The Balaban J connectivity index is 2.77. The van der Waals surface area contributed by atoms with Gasteiger partial charge in [0.25, 0.3) is 0 Å². The highest BCUT2D eigenvalue weighted by Crippen LogP contribution is 2.39. The summed E-state index contributed by atoms with van der Waals surface area (Å²) in [6, 6.07) is 0.347. The van der Waals surface area contributed by atoms with Gasteiger partial charge in [-0.2, -0.15) is 0 Å². The Morgan fingerprint density at radius 1 is 0.950 bits per heavy atom. The summed E-state index contributed by atoms with van der Waals surface area (Å²) >= 11 is 0. The first kappa shape index (κ1) is 18.0. The van der Waals surface area contributed by atoms with Crippen LogP contribution in [0.4, 0.5) is 0 Å². The SMILES string of the molecule is CC(C)CC(C)C(C)CN1C(C)(C)CC(N)CC1(C)C. The van der Waals surface area contributed by atoms with E-state index in [2.05, 4.69) is 60.3 Å². The molecule has 2 unspecified atom stereocenters. The summed E-state index contributed by atoms with van der Waals surface area (Å²) in [5, 5.41) is 0. The summed E-state index contributed by atoms with van der Waals surface area (Å²) in [6.07, 6.45) is 3.55. The highest BCUT2D eigenvalue weighted by atomic mass is 15.3. The first-order valence-corrected chi connectivity index (χ1v) is 8.49. The zero-order valence-corrected chi connectivity index (χ0v) is 15.2. The van der Waals surface area contributed by atoms with Crippen molar-refractivity contribution in [1.82, 2.24) is 4.90 Å². The Labute approximate surface area is 127 Å². The highest BCUT2D eigenvalue weighted by Gasteiger charge is 2.44. The molecule has 0 bridgehead atoms. The topological polar surface area (TPSA) is 29.3 Å². The predicted molar refractivity (Wildman–Crippen MR) is 89.9 cm³/mol. The van der Waals surface area contributed by atoms with E-state index in [-0.39, 0.29) is 11.1 Å². The molecule has 0 amide bonds. The molecule has 2 nitrogen and oxygen atoms in total. The number of nitrogens with zero attached hydrogens (tertiary/aromatic N) is 1. The van der Waals surface area contributed by atoms with Crippen molar-refractivity contribution in [2.24, 2.45) is 23.5 Å². The van der Waals surface area contributed by atoms with Crippen LogP contribution in [0, 0.1) is 17.8 Å². The molecular formula is C18H38N2. The molecular weight excluding hydrogens is 244 g/mol. The van der Waals surface area contributed by atoms with Gasteiger partial charge in [-0.05, 0) is 64.7 Å². The van der Waals surface area contributed by atoms with Crippen LogP contribution in [0.1, 0.15) is 74.7 Å². The van der Waals surface area contributed by atoms with Crippen LogP contribution < -0.4 is 5.73 Å². The van der Waals surface area contributed by atoms with Crippen molar-refractivity contribution in [2.75, 3.05) is 6.54 Å². The molecule has 0 aromatic heterocycles. The molecule has 1 aliphatic rings. The largest absolute Gasteiger partial charge is 0.328 e. The molecule has 2 atom stereocenters. The number of hydrogen-bond donors (Lipinski definition) is 1. The van der Waals surface area contributed by atoms with Crippen LogP contribution in [0.15, 0.2) is 0 Å². The van der Waals surface area contributed by atoms with Crippen LogP contribution in [-0.4, -0.2) is 28.6 Å². The molecule has 120 valence electrons. The minimum Gasteiger partial charge on any atom is -0.328 e. The molecule has 20 heavy (non-hydrogen) atoms. The van der Waals surface area contributed by atoms with Gasteiger partial charge in [-0.25, -0.2) is 0 Å². The molecule has 0 aromatic rings. The third-order valence-corrected chi connectivity index (χ3v) is 5.27. The van der Waals surface area contributed by atoms with E-state index < -0.39 is 0 Å². The lowest BCUT2D eigenvalue weighted by atomic mass is 9.75. The van der Waals surface area contributed by atoms with E-state index in [1.54, 1.807) is 0 Å². The molecule has 0 aliphatic carbocycles. The van der Waals surface area contributed by atoms with E-state index in [4.69, 9.17) is 5.73 Å². The van der Waals surface area contributed by atoms with Gasteiger partial charge in [-0.15, -0.1) is 0 Å². The molecule has 1 saturated heterocycles. The van der Waals surface area contributed by atoms with E-state index in [0.717, 1.165) is 30.6 Å². The van der Waals surface area contributed by atoms with Gasteiger partial charge in [0.05, 0.1) is 0 Å². The van der Waals surface area contributed by atoms with E-state index in [0.29, 0.717) is 6.04 Å². The van der Waals surface area contributed by atoms with Gasteiger partial charge in [-0.1, -0.05) is 27.7 Å². The normalized spacial score (nSPS) is 26.7. The van der Waals surface area contributed by atoms with Gasteiger partial charge < -0.3 is 5.73 Å². The van der Waals surface area contributed by atoms with Crippen LogP contribution in [-0.2, 0) is 0 Å². The van der Waals surface area contributed by atoms with Gasteiger partial charge >= 0.3 is 0 Å². The summed E-state index contributed by atoms with van der Waals surface area (Å²) in [5.74, 6) is 2.32. The van der Waals surface area contributed by atoms with Crippen LogP contribution >= 0.6 is 0 Å². The highest BCUT2D eigenvalue weighted by molar-refractivity contribution is 5.01. The van der Waals surface area contributed by atoms with Crippen molar-refractivity contribution in [3.8, 4) is 0 Å². The maximum absolute atomic E-state index is 6.28. The molecule has 1 aliphatic heterocycles. The molecule has 0 aromatic carbocycles. The smallest absolute Gasteiger partial charge is 0.0173 e. The number of nitrogens with two attached hydrogens (primary N) is 1. The molecule has 1 fully saturated rings. The standard InChI is InChI=1S/C18H38N2/c1-13(2)9-14(3)15(4)12-20-17(5,6)10-16(19)11-18(20,7)8/h13-16H,9-12,19H2,1-8H3. The summed E-state index contributed by atoms with van der Waals surface area (Å²) in [6.45, 7) is 20.2. The fraction of sp³-hybridized carbons (Fsp3) is 1.00. The Kier molecular flexibility index (Phi) is 5.71. The third-order valence-electron chi connectivity index (χ3n) is 5.27. The molecule has 0 saturated carbocycles. The second-order valence-corrected chi connectivity index (χ2v) is 8.99. The molecule has 0 radical (unpaired) electrons. The van der Waals surface area contributed by atoms with Crippen LogP contribution in [0.25, 0.3) is 0 Å². The Morgan fingerprint density at radius 3 is 1.80 bits per heavy atom. The van der Waals surface area contributed by atoms with E-state index in [9.17, 15) is 0 Å². The summed E-state index contributed by atoms with van der Waals surface area (Å²) in [7, 11) is 0. The lowest BCUT2D eigenvalue weighted by molar-refractivity contribution is -0.0488. The predicted octanol–water partition coefficient (Wildman–Crippen LogP) is 4.29. The van der Waals surface area contributed by atoms with Crippen LogP contribution in [0.2, 0.25) is 0 Å². The summed E-state index contributed by atoms with van der Waals surface area (Å²) < 4.78 is 0. The van der Waals surface area contributed by atoms with E-state index in [1.807, 2.05) is 0 Å². The van der Waals surface area contributed by atoms with E-state index in [1.165, 1.54) is 13.0 Å². The fourth-order valence-corrected chi connectivity index (χ4v) is 4.33. The number of rotatable bonds is 5. The minimum atomic E-state index is 0.215. The molecule has 0 spiro atoms. The van der Waals surface area contributed by atoms with Crippen LogP contribution in [0.3, 0.4) is 0 Å². The van der Waals surface area contributed by atoms with E-state index >= 15 is 0 Å². The Morgan fingerprint density at radius 2 is 1.40 bits per heavy atom. The Hall–Kier alpha value is -0.0800. The zero-order chi connectivity index (χ0) is 15.7. The second-order valence-electron chi connectivity index (χ2n) is 8.99. The average Bonchev–Trinajstić information content (AvgIpc) is 2.20. The maximum atomic E-state index is 6.28. The first-order valence-electron chi connectivity index (χ1n) is 8.49. The van der Waals surface area contributed by atoms with Gasteiger partial charge in [0, 0.05) is 23.7 Å². The van der Waals surface area contributed by atoms with Crippen molar-refractivity contribution in [1.29, 1.82) is 0 Å². The van der Waals surface area contributed by atoms with Gasteiger partial charge in [0.2, 0.25) is 0 Å². The fourth-order valence-electron chi connectivity index (χ4n) is 4.33. The average molecular weight is 283 g/mol. The number of hydrogen-bond acceptors (Lipinski definition) is 2. The zero-order valence-electron chi connectivity index (χ0n) is 15.2. The molecule has 2 heteroatoms. The lowest BCUT2D eigenvalue weighted by Gasteiger charge is -2.56. The van der Waals surface area contributed by atoms with Crippen molar-refractivity contribution in [3.63, 3.8) is 0 Å². The maximum Gasteiger partial charge on any atom is 0.0173 e. The third kappa shape index (κ3) is 4.46. The molecule has 2 N–H and O–H groups in total. The first-order chi connectivity index (χ1) is 8.95. The van der Waals surface area contributed by atoms with Crippen molar-refractivity contribution in [2.45, 2.75) is 91.8 Å². The van der Waals surface area contributed by atoms with Gasteiger partial charge in [0.15, 0.2) is 0 Å². The monoisotopic (exact) mass is 282 g/mol. The summed E-state index contributed by atoms with van der Waals surface area (Å²) in [4.78, 5) is 2.73. The van der Waals surface area contributed by atoms with Crippen molar-refractivity contribution in [3.05, 3.63) is 0 Å². The second kappa shape index (κ2) is 6.36. The van der Waals surface area contributed by atoms with Gasteiger partial charge in [0.1, 0.15) is 0 Å². The van der Waals surface area contributed by atoms with Crippen LogP contribution in [0.5, 0.6) is 0 Å². The van der Waals surface area contributed by atoms with Gasteiger partial charge in [-0.3, -0.25) is 4.90 Å². The lowest BCUT2D eigenvalue weighted by Crippen LogP contribution is -2.64.